The van der Waals surface area contributed by atoms with E-state index in [1.165, 1.54) is 0 Å². The summed E-state index contributed by atoms with van der Waals surface area (Å²) < 4.78 is 5.64. The van der Waals surface area contributed by atoms with Crippen LogP contribution < -0.4 is 0 Å². The van der Waals surface area contributed by atoms with Crippen LogP contribution in [0, 0.1) is 34.5 Å². The van der Waals surface area contributed by atoms with Gasteiger partial charge in [-0.3, -0.25) is 4.79 Å². The fourth-order valence-electron chi connectivity index (χ4n) is 8.79. The number of aliphatic hydroxyl groups is 4. The molecule has 0 unspecified atom stereocenters. The van der Waals surface area contributed by atoms with Crippen molar-refractivity contribution < 1.29 is 34.8 Å². The summed E-state index contributed by atoms with van der Waals surface area (Å²) in [7, 11) is 0. The van der Waals surface area contributed by atoms with E-state index in [0.717, 1.165) is 12.0 Å². The lowest BCUT2D eigenvalue weighted by atomic mass is 9.45. The molecule has 7 heteroatoms. The largest absolute Gasteiger partial charge is 0.456 e. The highest BCUT2D eigenvalue weighted by atomic mass is 16.6. The van der Waals surface area contributed by atoms with Gasteiger partial charge in [-0.2, -0.15) is 0 Å². The Balaban J connectivity index is 1.48. The highest BCUT2D eigenvalue weighted by Crippen LogP contribution is 2.67. The van der Waals surface area contributed by atoms with E-state index in [0.29, 0.717) is 37.7 Å². The molecule has 3 fully saturated rings. The van der Waals surface area contributed by atoms with E-state index in [-0.39, 0.29) is 41.6 Å². The van der Waals surface area contributed by atoms with Crippen molar-refractivity contribution in [1.29, 1.82) is 0 Å². The Morgan fingerprint density at radius 1 is 1.14 bits per heavy atom. The fourth-order valence-corrected chi connectivity index (χ4v) is 8.79. The van der Waals surface area contributed by atoms with Gasteiger partial charge in [-0.25, -0.2) is 4.79 Å². The van der Waals surface area contributed by atoms with Crippen LogP contribution in [0.3, 0.4) is 0 Å². The Morgan fingerprint density at radius 3 is 2.54 bits per heavy atom. The Hall–Kier alpha value is -1.80. The molecule has 35 heavy (non-hydrogen) atoms. The molecule has 0 aromatic rings. The number of ketones is 1. The molecular formula is C28H38O7. The molecule has 0 aromatic heterocycles. The summed E-state index contributed by atoms with van der Waals surface area (Å²) in [4.78, 5) is 25.6. The third kappa shape index (κ3) is 3.31. The van der Waals surface area contributed by atoms with Gasteiger partial charge in [0.2, 0.25) is 0 Å². The van der Waals surface area contributed by atoms with Crippen LogP contribution in [0.4, 0.5) is 0 Å². The lowest BCUT2D eigenvalue weighted by Gasteiger charge is -2.60. The van der Waals surface area contributed by atoms with Crippen molar-refractivity contribution in [1.82, 2.24) is 0 Å². The summed E-state index contributed by atoms with van der Waals surface area (Å²) in [5.74, 6) is -1.05. The molecule has 5 aliphatic rings. The first kappa shape index (κ1) is 24.9. The minimum Gasteiger partial charge on any atom is -0.456 e. The number of fused-ring (bicyclic) bond motifs is 5. The van der Waals surface area contributed by atoms with Gasteiger partial charge in [0, 0.05) is 18.4 Å². The number of carbonyl (C=O) groups is 2. The molecule has 4 N–H and O–H groups in total. The number of hydrogen-bond donors (Lipinski definition) is 4. The predicted molar refractivity (Wildman–Crippen MR) is 128 cm³/mol. The maximum absolute atomic E-state index is 13.1. The summed E-state index contributed by atoms with van der Waals surface area (Å²) in [6, 6.07) is 0. The maximum Gasteiger partial charge on any atom is 0.336 e. The Kier molecular flexibility index (Phi) is 5.95. The zero-order valence-electron chi connectivity index (χ0n) is 20.9. The number of allylic oxidation sites excluding steroid dienone is 3. The number of aliphatic hydroxyl groups excluding tert-OH is 3. The summed E-state index contributed by atoms with van der Waals surface area (Å²) in [5.41, 5.74) is -0.704. The third-order valence-corrected chi connectivity index (χ3v) is 10.7. The summed E-state index contributed by atoms with van der Waals surface area (Å²) in [6.45, 7) is 4.97. The van der Waals surface area contributed by atoms with E-state index in [1.807, 2.05) is 13.0 Å². The smallest absolute Gasteiger partial charge is 0.336 e. The summed E-state index contributed by atoms with van der Waals surface area (Å²) >= 11 is 0. The van der Waals surface area contributed by atoms with E-state index in [1.54, 1.807) is 26.0 Å². The first-order valence-corrected chi connectivity index (χ1v) is 13.0. The van der Waals surface area contributed by atoms with Gasteiger partial charge in [0.15, 0.2) is 5.78 Å². The monoisotopic (exact) mass is 486 g/mol. The van der Waals surface area contributed by atoms with E-state index in [9.17, 15) is 30.0 Å². The van der Waals surface area contributed by atoms with Gasteiger partial charge in [-0.15, -0.1) is 0 Å². The van der Waals surface area contributed by atoms with Gasteiger partial charge >= 0.3 is 5.97 Å². The van der Waals surface area contributed by atoms with Crippen molar-refractivity contribution in [3.8, 4) is 0 Å². The molecule has 1 aliphatic heterocycles. The molecule has 0 bridgehead atoms. The van der Waals surface area contributed by atoms with E-state index < -0.39 is 41.2 Å². The first-order valence-electron chi connectivity index (χ1n) is 13.0. The minimum absolute atomic E-state index is 0.0203. The normalized spacial score (nSPS) is 44.7. The number of carbonyl (C=O) groups excluding carboxylic acids is 2. The number of cyclic esters (lactones) is 1. The van der Waals surface area contributed by atoms with Crippen molar-refractivity contribution in [3.05, 3.63) is 34.9 Å². The lowest BCUT2D eigenvalue weighted by molar-refractivity contribution is -0.194. The standard InChI is InChI=1S/C28H38O7/c1-15-11-23(35-25(33)17(15)13-29)27(3,34)21-8-7-19-24-18(9-10-28(19,21)14-30)26(2)16(12-20(24)31)5-4-6-22(26)32/h4-6,18-21,23-24,29-31,34H,7-14H2,1-3H3/t18-,19-,20-,21+,23+,24+,26-,27+,28+/m0/s1. The molecule has 0 amide bonds. The molecule has 0 aromatic carbocycles. The molecule has 7 nitrogen and oxygen atoms in total. The van der Waals surface area contributed by atoms with Crippen molar-refractivity contribution in [2.75, 3.05) is 13.2 Å². The van der Waals surface area contributed by atoms with E-state index in [4.69, 9.17) is 4.74 Å². The van der Waals surface area contributed by atoms with Crippen LogP contribution in [0.25, 0.3) is 0 Å². The molecule has 5 rings (SSSR count). The second-order valence-corrected chi connectivity index (χ2v) is 12.0. The quantitative estimate of drug-likeness (QED) is 0.449. The number of hydrogen-bond acceptors (Lipinski definition) is 7. The van der Waals surface area contributed by atoms with Gasteiger partial charge in [-0.1, -0.05) is 23.3 Å². The molecule has 192 valence electrons. The van der Waals surface area contributed by atoms with Gasteiger partial charge in [0.05, 0.1) is 23.7 Å². The molecule has 1 heterocycles. The van der Waals surface area contributed by atoms with Crippen LogP contribution in [0.15, 0.2) is 34.9 Å². The first-order chi connectivity index (χ1) is 16.5. The zero-order chi connectivity index (χ0) is 25.3. The van der Waals surface area contributed by atoms with E-state index in [2.05, 4.69) is 0 Å². The van der Waals surface area contributed by atoms with Crippen LogP contribution in [-0.4, -0.2) is 63.2 Å². The predicted octanol–water partition coefficient (Wildman–Crippen LogP) is 2.23. The van der Waals surface area contributed by atoms with Gasteiger partial charge in [0.1, 0.15) is 11.7 Å². The van der Waals surface area contributed by atoms with E-state index >= 15 is 0 Å². The van der Waals surface area contributed by atoms with Crippen LogP contribution in [-0.2, 0) is 14.3 Å². The van der Waals surface area contributed by atoms with Gasteiger partial charge in [-0.05, 0) is 82.6 Å². The van der Waals surface area contributed by atoms with Crippen LogP contribution >= 0.6 is 0 Å². The number of esters is 1. The molecular weight excluding hydrogens is 448 g/mol. The average Bonchev–Trinajstić information content (AvgIpc) is 3.21. The molecule has 9 atom stereocenters. The van der Waals surface area contributed by atoms with Gasteiger partial charge in [0.25, 0.3) is 0 Å². The lowest BCUT2D eigenvalue weighted by Crippen LogP contribution is -2.61. The molecule has 0 saturated heterocycles. The average molecular weight is 487 g/mol. The Labute approximate surface area is 206 Å². The van der Waals surface area contributed by atoms with Crippen LogP contribution in [0.1, 0.15) is 59.3 Å². The summed E-state index contributed by atoms with van der Waals surface area (Å²) in [6.07, 6.45) is 7.48. The molecule has 4 aliphatic carbocycles. The van der Waals surface area contributed by atoms with Gasteiger partial charge < -0.3 is 25.2 Å². The van der Waals surface area contributed by atoms with Crippen molar-refractivity contribution >= 4 is 11.8 Å². The van der Waals surface area contributed by atoms with Crippen molar-refractivity contribution in [2.45, 2.75) is 77.1 Å². The molecule has 0 spiro atoms. The summed E-state index contributed by atoms with van der Waals surface area (Å²) in [5, 5.41) is 43.6. The molecule has 0 radical (unpaired) electrons. The number of rotatable bonds is 4. The maximum atomic E-state index is 13.1. The van der Waals surface area contributed by atoms with Crippen molar-refractivity contribution in [3.63, 3.8) is 0 Å². The fraction of sp³-hybridized carbons (Fsp3) is 0.714. The second-order valence-electron chi connectivity index (χ2n) is 12.0. The van der Waals surface area contributed by atoms with Crippen molar-refractivity contribution in [2.24, 2.45) is 34.5 Å². The SMILES string of the molecule is CC1=C(CO)C(=O)O[C@@H]([C@](C)(O)[C@H]2CC[C@H]3[C@@H]4[C@@H](O)CC5=CC=CC(=O)[C@]5(C)[C@H]4CC[C@]23CO)C1. The highest BCUT2D eigenvalue weighted by Gasteiger charge is 2.67. The Morgan fingerprint density at radius 2 is 1.89 bits per heavy atom. The van der Waals surface area contributed by atoms with Crippen LogP contribution in [0.2, 0.25) is 0 Å². The van der Waals surface area contributed by atoms with Crippen LogP contribution in [0.5, 0.6) is 0 Å². The third-order valence-electron chi connectivity index (χ3n) is 10.7. The molecule has 3 saturated carbocycles. The zero-order valence-corrected chi connectivity index (χ0v) is 20.9. The topological polar surface area (TPSA) is 124 Å². The number of ether oxygens (including phenoxy) is 1. The second kappa shape index (κ2) is 8.37. The Bertz CT molecular complexity index is 1020. The highest BCUT2D eigenvalue weighted by molar-refractivity contribution is 5.99. The minimum atomic E-state index is -1.39.